The maximum absolute atomic E-state index is 12.1. The van der Waals surface area contributed by atoms with Gasteiger partial charge in [0.05, 0.1) is 24.9 Å². The molecule has 1 aromatic rings. The molecule has 1 heterocycles. The highest BCUT2D eigenvalue weighted by Gasteiger charge is 2.23. The maximum Gasteiger partial charge on any atom is 0.228 e. The lowest BCUT2D eigenvalue weighted by Gasteiger charge is -2.24. The van der Waals surface area contributed by atoms with Crippen LogP contribution in [0.1, 0.15) is 27.2 Å². The predicted molar refractivity (Wildman–Crippen MR) is 76.0 cm³/mol. The third-order valence-electron chi connectivity index (χ3n) is 2.73. The number of nitrogens with zero attached hydrogens (tertiary/aromatic N) is 1. The van der Waals surface area contributed by atoms with Gasteiger partial charge in [-0.1, -0.05) is 20.8 Å². The second-order valence-electron chi connectivity index (χ2n) is 5.78. The molecule has 5 heteroatoms. The van der Waals surface area contributed by atoms with Gasteiger partial charge in [0.1, 0.15) is 0 Å². The summed E-state index contributed by atoms with van der Waals surface area (Å²) in [6, 6.07) is 3.46. The third-order valence-corrected chi connectivity index (χ3v) is 2.73. The minimum absolute atomic E-state index is 0.0654. The first kappa shape index (κ1) is 15.4. The Morgan fingerprint density at radius 1 is 1.47 bits per heavy atom. The van der Waals surface area contributed by atoms with Crippen LogP contribution in [0.2, 0.25) is 0 Å². The minimum Gasteiger partial charge on any atom is -0.481 e. The third kappa shape index (κ3) is 5.26. The molecular weight excluding hydrogens is 242 g/mol. The molecule has 0 saturated heterocycles. The van der Waals surface area contributed by atoms with Crippen LogP contribution >= 0.6 is 0 Å². The van der Waals surface area contributed by atoms with Crippen LogP contribution in [0, 0.1) is 11.3 Å². The van der Waals surface area contributed by atoms with Crippen molar-refractivity contribution in [1.82, 2.24) is 4.98 Å². The number of pyridine rings is 1. The second-order valence-corrected chi connectivity index (χ2v) is 5.78. The number of carbonyl (C=O) groups excluding carboxylic acids is 1. The van der Waals surface area contributed by atoms with Crippen molar-refractivity contribution in [3.8, 4) is 5.88 Å². The van der Waals surface area contributed by atoms with Crippen molar-refractivity contribution in [2.75, 3.05) is 19.0 Å². The maximum atomic E-state index is 12.1. The summed E-state index contributed by atoms with van der Waals surface area (Å²) in [6.07, 6.45) is 2.32. The zero-order chi connectivity index (χ0) is 14.5. The largest absolute Gasteiger partial charge is 0.481 e. The fraction of sp³-hybridized carbons (Fsp3) is 0.571. The lowest BCUT2D eigenvalue weighted by atomic mass is 9.84. The van der Waals surface area contributed by atoms with E-state index in [2.05, 4.69) is 31.1 Å². The van der Waals surface area contributed by atoms with Crippen LogP contribution in [0.4, 0.5) is 5.69 Å². The number of hydrogen-bond acceptors (Lipinski definition) is 4. The molecule has 0 aromatic carbocycles. The summed E-state index contributed by atoms with van der Waals surface area (Å²) in [6.45, 7) is 6.63. The van der Waals surface area contributed by atoms with E-state index in [1.165, 1.54) is 0 Å². The summed E-state index contributed by atoms with van der Waals surface area (Å²) in [5.74, 6) is 0.259. The normalized spacial score (nSPS) is 12.9. The van der Waals surface area contributed by atoms with Gasteiger partial charge >= 0.3 is 0 Å². The number of anilines is 1. The number of aromatic nitrogens is 1. The Morgan fingerprint density at radius 2 is 2.16 bits per heavy atom. The van der Waals surface area contributed by atoms with Gasteiger partial charge in [-0.25, -0.2) is 4.98 Å². The first-order valence-electron chi connectivity index (χ1n) is 6.36. The summed E-state index contributed by atoms with van der Waals surface area (Å²) in [5, 5.41) is 2.83. The van der Waals surface area contributed by atoms with Crippen molar-refractivity contribution < 1.29 is 9.53 Å². The van der Waals surface area contributed by atoms with Gasteiger partial charge in [-0.15, -0.1) is 0 Å². The quantitative estimate of drug-likeness (QED) is 0.854. The van der Waals surface area contributed by atoms with Crippen LogP contribution < -0.4 is 15.8 Å². The van der Waals surface area contributed by atoms with Crippen molar-refractivity contribution in [1.29, 1.82) is 0 Å². The minimum atomic E-state index is -0.192. The number of carbonyl (C=O) groups is 1. The topological polar surface area (TPSA) is 77.2 Å². The Hall–Kier alpha value is -1.62. The van der Waals surface area contributed by atoms with Crippen LogP contribution in [-0.2, 0) is 4.79 Å². The Labute approximate surface area is 114 Å². The number of rotatable bonds is 5. The monoisotopic (exact) mass is 265 g/mol. The van der Waals surface area contributed by atoms with Gasteiger partial charge in [0.25, 0.3) is 0 Å². The summed E-state index contributed by atoms with van der Waals surface area (Å²) in [4.78, 5) is 16.2. The Morgan fingerprint density at radius 3 is 2.58 bits per heavy atom. The predicted octanol–water partition coefficient (Wildman–Crippen LogP) is 2.04. The molecule has 0 aliphatic heterocycles. The van der Waals surface area contributed by atoms with Gasteiger partial charge in [-0.3, -0.25) is 4.79 Å². The lowest BCUT2D eigenvalue weighted by molar-refractivity contribution is -0.120. The van der Waals surface area contributed by atoms with E-state index < -0.39 is 0 Å². The molecule has 0 aliphatic carbocycles. The molecule has 1 aromatic heterocycles. The smallest absolute Gasteiger partial charge is 0.228 e. The van der Waals surface area contributed by atoms with Gasteiger partial charge in [0.15, 0.2) is 0 Å². The number of ether oxygens (including phenoxy) is 1. The molecule has 5 nitrogen and oxygen atoms in total. The Balaban J connectivity index is 2.65. The highest BCUT2D eigenvalue weighted by Crippen LogP contribution is 2.24. The summed E-state index contributed by atoms with van der Waals surface area (Å²) in [7, 11) is 1.55. The Kier molecular flexibility index (Phi) is 5.30. The first-order chi connectivity index (χ1) is 8.85. The molecule has 19 heavy (non-hydrogen) atoms. The van der Waals surface area contributed by atoms with E-state index in [0.29, 0.717) is 18.1 Å². The molecule has 0 fully saturated rings. The molecule has 1 rings (SSSR count). The summed E-state index contributed by atoms with van der Waals surface area (Å²) >= 11 is 0. The highest BCUT2D eigenvalue weighted by atomic mass is 16.5. The molecule has 1 amide bonds. The van der Waals surface area contributed by atoms with E-state index in [0.717, 1.165) is 6.42 Å². The van der Waals surface area contributed by atoms with E-state index in [9.17, 15) is 4.79 Å². The molecule has 0 radical (unpaired) electrons. The van der Waals surface area contributed by atoms with Crippen LogP contribution in [0.5, 0.6) is 5.88 Å². The molecule has 1 atom stereocenters. The SMILES string of the molecule is COc1ccc(NC(=O)C(CN)CC(C)(C)C)cn1. The number of nitrogens with one attached hydrogen (secondary N) is 1. The highest BCUT2D eigenvalue weighted by molar-refractivity contribution is 5.92. The van der Waals surface area contributed by atoms with Gasteiger partial charge < -0.3 is 15.8 Å². The summed E-state index contributed by atoms with van der Waals surface area (Å²) < 4.78 is 4.96. The van der Waals surface area contributed by atoms with E-state index >= 15 is 0 Å². The molecule has 3 N–H and O–H groups in total. The molecule has 0 spiro atoms. The number of hydrogen-bond donors (Lipinski definition) is 2. The standard InChI is InChI=1S/C14H23N3O2/c1-14(2,3)7-10(8-15)13(18)17-11-5-6-12(19-4)16-9-11/h5-6,9-10H,7-8,15H2,1-4H3,(H,17,18). The molecule has 106 valence electrons. The zero-order valence-electron chi connectivity index (χ0n) is 12.1. The molecular formula is C14H23N3O2. The molecule has 1 unspecified atom stereocenters. The fourth-order valence-corrected chi connectivity index (χ4v) is 1.84. The first-order valence-corrected chi connectivity index (χ1v) is 6.36. The van der Waals surface area contributed by atoms with E-state index in [1.54, 1.807) is 25.4 Å². The number of methoxy groups -OCH3 is 1. The number of nitrogens with two attached hydrogens (primary N) is 1. The molecule has 0 saturated carbocycles. The lowest BCUT2D eigenvalue weighted by Crippen LogP contribution is -2.32. The number of amides is 1. The van der Waals surface area contributed by atoms with Gasteiger partial charge in [-0.05, 0) is 17.9 Å². The van der Waals surface area contributed by atoms with Crippen molar-refractivity contribution in [3.05, 3.63) is 18.3 Å². The van der Waals surface area contributed by atoms with Gasteiger partial charge in [-0.2, -0.15) is 0 Å². The molecule has 0 bridgehead atoms. The average molecular weight is 265 g/mol. The van der Waals surface area contributed by atoms with E-state index in [-0.39, 0.29) is 17.2 Å². The average Bonchev–Trinajstić information content (AvgIpc) is 2.35. The fourth-order valence-electron chi connectivity index (χ4n) is 1.84. The van der Waals surface area contributed by atoms with Crippen molar-refractivity contribution in [2.24, 2.45) is 17.1 Å². The van der Waals surface area contributed by atoms with Crippen LogP contribution in [0.15, 0.2) is 18.3 Å². The van der Waals surface area contributed by atoms with Gasteiger partial charge in [0, 0.05) is 12.6 Å². The van der Waals surface area contributed by atoms with Gasteiger partial charge in [0.2, 0.25) is 11.8 Å². The van der Waals surface area contributed by atoms with E-state index in [1.807, 2.05) is 0 Å². The van der Waals surface area contributed by atoms with Crippen molar-refractivity contribution >= 4 is 11.6 Å². The zero-order valence-corrected chi connectivity index (χ0v) is 12.1. The van der Waals surface area contributed by atoms with Crippen LogP contribution in [0.3, 0.4) is 0 Å². The van der Waals surface area contributed by atoms with Crippen molar-refractivity contribution in [3.63, 3.8) is 0 Å². The van der Waals surface area contributed by atoms with E-state index in [4.69, 9.17) is 10.5 Å². The Bertz CT molecular complexity index is 410. The van der Waals surface area contributed by atoms with Crippen LogP contribution in [0.25, 0.3) is 0 Å². The summed E-state index contributed by atoms with van der Waals surface area (Å²) in [5.41, 5.74) is 6.40. The van der Waals surface area contributed by atoms with Crippen molar-refractivity contribution in [2.45, 2.75) is 27.2 Å². The van der Waals surface area contributed by atoms with Crippen LogP contribution in [-0.4, -0.2) is 24.5 Å². The second kappa shape index (κ2) is 6.52. The molecule has 0 aliphatic rings.